The molecule has 3 aromatic rings. The Morgan fingerprint density at radius 1 is 1.26 bits per heavy atom. The maximum absolute atomic E-state index is 13.6. The lowest BCUT2D eigenvalue weighted by Gasteiger charge is -2.26. The topological polar surface area (TPSA) is 110 Å². The predicted octanol–water partition coefficient (Wildman–Crippen LogP) is 3.14. The van der Waals surface area contributed by atoms with Gasteiger partial charge in [0.05, 0.1) is 46.5 Å². The van der Waals surface area contributed by atoms with Gasteiger partial charge in [0.15, 0.2) is 15.5 Å². The fraction of sp³-hybridized carbons (Fsp3) is 0.560. The third-order valence-corrected chi connectivity index (χ3v) is 9.31. The largest absolute Gasteiger partial charge is 0.468 e. The average Bonchev–Trinajstić information content (AvgIpc) is 3.22. The van der Waals surface area contributed by atoms with Gasteiger partial charge in [-0.2, -0.15) is 5.10 Å². The van der Waals surface area contributed by atoms with Crippen molar-refractivity contribution in [3.63, 3.8) is 0 Å². The smallest absolute Gasteiger partial charge is 0.252 e. The van der Waals surface area contributed by atoms with Crippen molar-refractivity contribution in [1.29, 1.82) is 0 Å². The van der Waals surface area contributed by atoms with Gasteiger partial charge in [-0.05, 0) is 70.3 Å². The van der Waals surface area contributed by atoms with E-state index in [9.17, 15) is 13.2 Å². The summed E-state index contributed by atoms with van der Waals surface area (Å²) in [7, 11) is -3.07. The highest BCUT2D eigenvalue weighted by molar-refractivity contribution is 7.91. The van der Waals surface area contributed by atoms with Gasteiger partial charge in [-0.25, -0.2) is 18.1 Å². The number of carbonyl (C=O) groups excluding carboxylic acids is 1. The van der Waals surface area contributed by atoms with Gasteiger partial charge >= 0.3 is 0 Å². The summed E-state index contributed by atoms with van der Waals surface area (Å²) in [5.41, 5.74) is 2.79. The highest BCUT2D eigenvalue weighted by atomic mass is 32.2. The van der Waals surface area contributed by atoms with Gasteiger partial charge in [-0.1, -0.05) is 0 Å². The summed E-state index contributed by atoms with van der Waals surface area (Å²) in [5.74, 6) is 1.29. The molecule has 0 unspecified atom stereocenters. The zero-order valence-corrected chi connectivity index (χ0v) is 20.8. The number of hydrogen-bond acceptors (Lipinski definition) is 7. The van der Waals surface area contributed by atoms with E-state index >= 15 is 0 Å². The fourth-order valence-electron chi connectivity index (χ4n) is 5.55. The number of pyridine rings is 1. The van der Waals surface area contributed by atoms with Crippen molar-refractivity contribution in [2.24, 2.45) is 0 Å². The third kappa shape index (κ3) is 4.38. The third-order valence-electron chi connectivity index (χ3n) is 7.56. The van der Waals surface area contributed by atoms with E-state index in [1.165, 1.54) is 0 Å². The number of sulfone groups is 1. The first-order valence-corrected chi connectivity index (χ1v) is 14.4. The molecule has 6 rings (SSSR count). The van der Waals surface area contributed by atoms with Gasteiger partial charge in [0.1, 0.15) is 5.76 Å². The lowest BCUT2D eigenvalue weighted by Crippen LogP contribution is -2.36. The Balaban J connectivity index is 1.33. The summed E-state index contributed by atoms with van der Waals surface area (Å²) in [6.45, 7) is 4.29. The van der Waals surface area contributed by atoms with E-state index in [2.05, 4.69) is 15.3 Å². The Hall–Kier alpha value is -2.72. The van der Waals surface area contributed by atoms with Crippen LogP contribution < -0.4 is 5.32 Å². The van der Waals surface area contributed by atoms with Gasteiger partial charge in [-0.3, -0.25) is 9.69 Å². The van der Waals surface area contributed by atoms with E-state index in [0.717, 1.165) is 50.2 Å². The standard InChI is InChI=1S/C25H31N5O4S/c1-16-23-19(25(31)26-14-21(22-5-4-11-34-22)29-9-2-3-10-29)13-20(17-6-7-17)27-24(23)30(28-16)18-8-12-35(32,33)15-18/h4-5,11,13,17-18,21H,2-3,6-10,12,14-15H2,1H3,(H,26,31)/t18-,21-/m0/s1. The summed E-state index contributed by atoms with van der Waals surface area (Å²) < 4.78 is 31.7. The van der Waals surface area contributed by atoms with Crippen LogP contribution in [0.5, 0.6) is 0 Å². The molecule has 5 heterocycles. The molecule has 2 aliphatic heterocycles. The summed E-state index contributed by atoms with van der Waals surface area (Å²) >= 11 is 0. The molecule has 10 heteroatoms. The van der Waals surface area contributed by atoms with Crippen LogP contribution in [0.25, 0.3) is 11.0 Å². The molecule has 1 aliphatic carbocycles. The van der Waals surface area contributed by atoms with Gasteiger partial charge in [-0.15, -0.1) is 0 Å². The molecule has 2 atom stereocenters. The number of likely N-dealkylation sites (tertiary alicyclic amines) is 1. The Bertz CT molecular complexity index is 1350. The molecule has 35 heavy (non-hydrogen) atoms. The van der Waals surface area contributed by atoms with Crippen LogP contribution in [0.4, 0.5) is 0 Å². The molecule has 2 saturated heterocycles. The number of fused-ring (bicyclic) bond motifs is 1. The second kappa shape index (κ2) is 8.74. The summed E-state index contributed by atoms with van der Waals surface area (Å²) in [6.07, 6.45) is 6.61. The first-order chi connectivity index (χ1) is 16.9. The van der Waals surface area contributed by atoms with E-state index in [-0.39, 0.29) is 29.5 Å². The number of amides is 1. The van der Waals surface area contributed by atoms with Gasteiger partial charge < -0.3 is 9.73 Å². The molecule has 0 bridgehead atoms. The minimum atomic E-state index is -3.07. The molecule has 1 N–H and O–H groups in total. The van der Waals surface area contributed by atoms with Crippen molar-refractivity contribution < 1.29 is 17.6 Å². The summed E-state index contributed by atoms with van der Waals surface area (Å²) in [5, 5.41) is 8.56. The van der Waals surface area contributed by atoms with E-state index in [0.29, 0.717) is 41.2 Å². The maximum Gasteiger partial charge on any atom is 0.252 e. The normalized spacial score (nSPS) is 23.2. The second-order valence-corrected chi connectivity index (χ2v) is 12.4. The van der Waals surface area contributed by atoms with Crippen molar-refractivity contribution >= 4 is 26.8 Å². The maximum atomic E-state index is 13.6. The van der Waals surface area contributed by atoms with Gasteiger partial charge in [0.25, 0.3) is 5.91 Å². The molecule has 9 nitrogen and oxygen atoms in total. The minimum Gasteiger partial charge on any atom is -0.468 e. The molecule has 0 aromatic carbocycles. The second-order valence-electron chi connectivity index (χ2n) is 10.1. The SMILES string of the molecule is Cc1nn([C@H]2CCS(=O)(=O)C2)c2nc(C3CC3)cc(C(=O)NC[C@@H](c3ccco3)N3CCCC3)c12. The number of aryl methyl sites for hydroxylation is 1. The Morgan fingerprint density at radius 3 is 2.71 bits per heavy atom. The Kier molecular flexibility index (Phi) is 5.68. The number of nitrogens with one attached hydrogen (secondary N) is 1. The van der Waals surface area contributed by atoms with Crippen molar-refractivity contribution in [2.45, 2.75) is 57.0 Å². The molecular weight excluding hydrogens is 466 g/mol. The molecule has 1 amide bonds. The van der Waals surface area contributed by atoms with Gasteiger partial charge in [0, 0.05) is 18.2 Å². The van der Waals surface area contributed by atoms with Crippen LogP contribution in [-0.2, 0) is 9.84 Å². The van der Waals surface area contributed by atoms with Gasteiger partial charge in [0.2, 0.25) is 0 Å². The fourth-order valence-corrected chi connectivity index (χ4v) is 7.24. The molecule has 186 valence electrons. The summed E-state index contributed by atoms with van der Waals surface area (Å²) in [4.78, 5) is 20.9. The number of nitrogens with zero attached hydrogens (tertiary/aromatic N) is 4. The average molecular weight is 498 g/mol. The minimum absolute atomic E-state index is 0.0100. The zero-order chi connectivity index (χ0) is 24.2. The molecule has 0 spiro atoms. The monoisotopic (exact) mass is 497 g/mol. The highest BCUT2D eigenvalue weighted by Gasteiger charge is 2.34. The molecule has 1 saturated carbocycles. The van der Waals surface area contributed by atoms with Crippen LogP contribution in [-0.4, -0.2) is 65.1 Å². The number of rotatable bonds is 7. The van der Waals surface area contributed by atoms with E-state index in [1.54, 1.807) is 10.9 Å². The van der Waals surface area contributed by atoms with Crippen LogP contribution in [0.2, 0.25) is 0 Å². The van der Waals surface area contributed by atoms with E-state index < -0.39 is 9.84 Å². The van der Waals surface area contributed by atoms with Crippen molar-refractivity contribution in [3.05, 3.63) is 47.2 Å². The van der Waals surface area contributed by atoms with Crippen molar-refractivity contribution in [2.75, 3.05) is 31.1 Å². The van der Waals surface area contributed by atoms with Crippen LogP contribution >= 0.6 is 0 Å². The van der Waals surface area contributed by atoms with Crippen LogP contribution in [0, 0.1) is 6.92 Å². The molecule has 3 fully saturated rings. The lowest BCUT2D eigenvalue weighted by molar-refractivity contribution is 0.0935. The predicted molar refractivity (Wildman–Crippen MR) is 131 cm³/mol. The van der Waals surface area contributed by atoms with E-state index in [1.807, 2.05) is 25.1 Å². The molecule has 0 radical (unpaired) electrons. The number of aromatic nitrogens is 3. The summed E-state index contributed by atoms with van der Waals surface area (Å²) in [6, 6.07) is 5.51. The first kappa shape index (κ1) is 22.7. The molecular formula is C25H31N5O4S. The van der Waals surface area contributed by atoms with Crippen molar-refractivity contribution in [3.8, 4) is 0 Å². The van der Waals surface area contributed by atoms with Crippen molar-refractivity contribution in [1.82, 2.24) is 25.0 Å². The van der Waals surface area contributed by atoms with Crippen LogP contribution in [0.15, 0.2) is 28.9 Å². The number of furan rings is 1. The Labute approximate surface area is 204 Å². The quantitative estimate of drug-likeness (QED) is 0.534. The van der Waals surface area contributed by atoms with Crippen LogP contribution in [0.1, 0.15) is 77.6 Å². The number of hydrogen-bond donors (Lipinski definition) is 1. The zero-order valence-electron chi connectivity index (χ0n) is 19.9. The number of carbonyl (C=O) groups is 1. The van der Waals surface area contributed by atoms with Crippen LogP contribution in [0.3, 0.4) is 0 Å². The molecule has 3 aromatic heterocycles. The van der Waals surface area contributed by atoms with E-state index in [4.69, 9.17) is 9.40 Å². The highest BCUT2D eigenvalue weighted by Crippen LogP contribution is 2.41. The first-order valence-electron chi connectivity index (χ1n) is 12.6. The Morgan fingerprint density at radius 2 is 2.06 bits per heavy atom. The molecule has 3 aliphatic rings. The lowest BCUT2D eigenvalue weighted by atomic mass is 10.1.